The predicted molar refractivity (Wildman–Crippen MR) is 51.3 cm³/mol. The molecule has 0 radical (unpaired) electrons. The molecule has 1 aliphatic carbocycles. The third-order valence-corrected chi connectivity index (χ3v) is 2.18. The van der Waals surface area contributed by atoms with E-state index in [4.69, 9.17) is 5.11 Å². The molecule has 1 rings (SSSR count). The normalized spacial score (nSPS) is 15.5. The van der Waals surface area contributed by atoms with E-state index in [1.54, 1.807) is 6.08 Å². The highest BCUT2D eigenvalue weighted by molar-refractivity contribution is 5.77. The lowest BCUT2D eigenvalue weighted by atomic mass is 10.3. The summed E-state index contributed by atoms with van der Waals surface area (Å²) in [4.78, 5) is 13.4. The van der Waals surface area contributed by atoms with Crippen LogP contribution in [0.4, 0.5) is 0 Å². The van der Waals surface area contributed by atoms with Crippen molar-refractivity contribution in [2.24, 2.45) is 0 Å². The Balaban J connectivity index is 2.33. The van der Waals surface area contributed by atoms with Gasteiger partial charge in [0.2, 0.25) is 5.91 Å². The summed E-state index contributed by atoms with van der Waals surface area (Å²) in [5.41, 5.74) is 0. The van der Waals surface area contributed by atoms with Gasteiger partial charge in [-0.2, -0.15) is 0 Å². The van der Waals surface area contributed by atoms with E-state index in [1.807, 2.05) is 4.90 Å². The smallest absolute Gasteiger partial charge is 0.223 e. The zero-order valence-electron chi connectivity index (χ0n) is 7.91. The van der Waals surface area contributed by atoms with Gasteiger partial charge in [-0.1, -0.05) is 6.08 Å². The average molecular weight is 183 g/mol. The molecule has 0 spiro atoms. The van der Waals surface area contributed by atoms with Crippen LogP contribution >= 0.6 is 0 Å². The molecular weight excluding hydrogens is 166 g/mol. The number of hydrogen-bond acceptors (Lipinski definition) is 2. The Morgan fingerprint density at radius 2 is 2.31 bits per heavy atom. The van der Waals surface area contributed by atoms with Crippen molar-refractivity contribution in [3.05, 3.63) is 12.7 Å². The minimum absolute atomic E-state index is 0.0956. The summed E-state index contributed by atoms with van der Waals surface area (Å²) < 4.78 is 0. The second-order valence-corrected chi connectivity index (χ2v) is 3.39. The first-order chi connectivity index (χ1) is 6.29. The Kier molecular flexibility index (Phi) is 3.96. The largest absolute Gasteiger partial charge is 0.396 e. The van der Waals surface area contributed by atoms with Crippen LogP contribution in [0.15, 0.2) is 12.7 Å². The zero-order chi connectivity index (χ0) is 9.68. The summed E-state index contributed by atoms with van der Waals surface area (Å²) in [6, 6.07) is 0.448. The molecule has 0 heterocycles. The van der Waals surface area contributed by atoms with Crippen molar-refractivity contribution in [3.63, 3.8) is 0 Å². The zero-order valence-corrected chi connectivity index (χ0v) is 7.91. The van der Waals surface area contributed by atoms with E-state index in [-0.39, 0.29) is 12.5 Å². The standard InChI is InChI=1S/C10H17NO2/c1-2-7-11(9-5-6-9)10(13)4-3-8-12/h2,9,12H,1,3-8H2. The number of nitrogens with zero attached hydrogens (tertiary/aromatic N) is 1. The van der Waals surface area contributed by atoms with Gasteiger partial charge in [0.15, 0.2) is 0 Å². The number of rotatable bonds is 6. The highest BCUT2D eigenvalue weighted by atomic mass is 16.3. The predicted octanol–water partition coefficient (Wildman–Crippen LogP) is 0.936. The van der Waals surface area contributed by atoms with Gasteiger partial charge in [-0.3, -0.25) is 4.79 Å². The van der Waals surface area contributed by atoms with E-state index in [1.165, 1.54) is 0 Å². The molecule has 0 bridgehead atoms. The number of carbonyl (C=O) groups excluding carboxylic acids is 1. The van der Waals surface area contributed by atoms with Crippen molar-refractivity contribution >= 4 is 5.91 Å². The fourth-order valence-corrected chi connectivity index (χ4v) is 1.35. The van der Waals surface area contributed by atoms with E-state index in [0.717, 1.165) is 12.8 Å². The highest BCUT2D eigenvalue weighted by Crippen LogP contribution is 2.27. The van der Waals surface area contributed by atoms with Gasteiger partial charge >= 0.3 is 0 Å². The van der Waals surface area contributed by atoms with E-state index in [9.17, 15) is 4.79 Å². The molecule has 0 atom stereocenters. The van der Waals surface area contributed by atoms with Crippen molar-refractivity contribution < 1.29 is 9.90 Å². The summed E-state index contributed by atoms with van der Waals surface area (Å²) in [6.45, 7) is 4.37. The fourth-order valence-electron chi connectivity index (χ4n) is 1.35. The van der Waals surface area contributed by atoms with Crippen molar-refractivity contribution in [3.8, 4) is 0 Å². The van der Waals surface area contributed by atoms with Crippen molar-refractivity contribution in [1.29, 1.82) is 0 Å². The maximum Gasteiger partial charge on any atom is 0.223 e. The first-order valence-corrected chi connectivity index (χ1v) is 4.80. The maximum absolute atomic E-state index is 11.5. The average Bonchev–Trinajstić information content (AvgIpc) is 2.93. The quantitative estimate of drug-likeness (QED) is 0.622. The molecule has 0 saturated heterocycles. The molecule has 0 aromatic carbocycles. The second-order valence-electron chi connectivity index (χ2n) is 3.39. The van der Waals surface area contributed by atoms with Crippen LogP contribution in [-0.2, 0) is 4.79 Å². The summed E-state index contributed by atoms with van der Waals surface area (Å²) in [5, 5.41) is 8.59. The first kappa shape index (κ1) is 10.3. The van der Waals surface area contributed by atoms with E-state index in [2.05, 4.69) is 6.58 Å². The molecule has 1 amide bonds. The van der Waals surface area contributed by atoms with Gasteiger partial charge in [0.05, 0.1) is 0 Å². The van der Waals surface area contributed by atoms with Gasteiger partial charge < -0.3 is 10.0 Å². The van der Waals surface area contributed by atoms with Gasteiger partial charge in [0, 0.05) is 25.6 Å². The Hall–Kier alpha value is -0.830. The van der Waals surface area contributed by atoms with Crippen LogP contribution in [0.25, 0.3) is 0 Å². The molecule has 13 heavy (non-hydrogen) atoms. The highest BCUT2D eigenvalue weighted by Gasteiger charge is 2.30. The minimum atomic E-state index is 0.0956. The fraction of sp³-hybridized carbons (Fsp3) is 0.700. The van der Waals surface area contributed by atoms with Crippen LogP contribution in [-0.4, -0.2) is 35.1 Å². The molecule has 3 nitrogen and oxygen atoms in total. The van der Waals surface area contributed by atoms with Gasteiger partial charge in [-0.25, -0.2) is 0 Å². The summed E-state index contributed by atoms with van der Waals surface area (Å²) in [5.74, 6) is 0.149. The molecular formula is C10H17NO2. The SMILES string of the molecule is C=CCN(C(=O)CCCO)C1CC1. The summed E-state index contributed by atoms with van der Waals surface area (Å²) >= 11 is 0. The van der Waals surface area contributed by atoms with Gasteiger partial charge in [-0.15, -0.1) is 6.58 Å². The number of aliphatic hydroxyl groups is 1. The lowest BCUT2D eigenvalue weighted by Gasteiger charge is -2.20. The Labute approximate surface area is 79.0 Å². The summed E-state index contributed by atoms with van der Waals surface area (Å²) in [6.07, 6.45) is 5.03. The number of hydrogen-bond donors (Lipinski definition) is 1. The molecule has 1 fully saturated rings. The molecule has 1 saturated carbocycles. The van der Waals surface area contributed by atoms with Crippen LogP contribution in [0.2, 0.25) is 0 Å². The summed E-state index contributed by atoms with van der Waals surface area (Å²) in [7, 11) is 0. The molecule has 1 N–H and O–H groups in total. The molecule has 0 aromatic rings. The van der Waals surface area contributed by atoms with Crippen molar-refractivity contribution in [2.45, 2.75) is 31.7 Å². The van der Waals surface area contributed by atoms with Crippen LogP contribution in [0.5, 0.6) is 0 Å². The van der Waals surface area contributed by atoms with Crippen LogP contribution in [0, 0.1) is 0 Å². The third-order valence-electron chi connectivity index (χ3n) is 2.18. The number of carbonyl (C=O) groups is 1. The molecule has 3 heteroatoms. The van der Waals surface area contributed by atoms with Gasteiger partial charge in [-0.05, 0) is 19.3 Å². The maximum atomic E-state index is 11.5. The third kappa shape index (κ3) is 3.19. The van der Waals surface area contributed by atoms with Gasteiger partial charge in [0.25, 0.3) is 0 Å². The number of amides is 1. The first-order valence-electron chi connectivity index (χ1n) is 4.80. The topological polar surface area (TPSA) is 40.5 Å². The van der Waals surface area contributed by atoms with E-state index in [0.29, 0.717) is 25.4 Å². The van der Waals surface area contributed by atoms with Crippen LogP contribution in [0.3, 0.4) is 0 Å². The molecule has 0 aliphatic heterocycles. The lowest BCUT2D eigenvalue weighted by molar-refractivity contribution is -0.131. The Morgan fingerprint density at radius 3 is 2.77 bits per heavy atom. The van der Waals surface area contributed by atoms with E-state index >= 15 is 0 Å². The van der Waals surface area contributed by atoms with Crippen LogP contribution in [0.1, 0.15) is 25.7 Å². The Morgan fingerprint density at radius 1 is 1.62 bits per heavy atom. The molecule has 74 valence electrons. The van der Waals surface area contributed by atoms with E-state index < -0.39 is 0 Å². The van der Waals surface area contributed by atoms with Crippen molar-refractivity contribution in [1.82, 2.24) is 4.90 Å². The molecule has 0 unspecified atom stereocenters. The molecule has 1 aliphatic rings. The molecule has 0 aromatic heterocycles. The lowest BCUT2D eigenvalue weighted by Crippen LogP contribution is -2.33. The monoisotopic (exact) mass is 183 g/mol. The van der Waals surface area contributed by atoms with Gasteiger partial charge in [0.1, 0.15) is 0 Å². The number of aliphatic hydroxyl groups excluding tert-OH is 1. The second kappa shape index (κ2) is 5.02. The Bertz CT molecular complexity index is 187. The minimum Gasteiger partial charge on any atom is -0.396 e. The van der Waals surface area contributed by atoms with Crippen molar-refractivity contribution in [2.75, 3.05) is 13.2 Å². The van der Waals surface area contributed by atoms with Crippen LogP contribution < -0.4 is 0 Å².